The maximum Gasteiger partial charge on any atom is 0.357 e. The summed E-state index contributed by atoms with van der Waals surface area (Å²) in [5.41, 5.74) is -26.1. The first-order valence-electron chi connectivity index (χ1n) is 34.8. The van der Waals surface area contributed by atoms with E-state index in [1.807, 2.05) is 0 Å². The van der Waals surface area contributed by atoms with Gasteiger partial charge in [0.05, 0.1) is 11.1 Å². The van der Waals surface area contributed by atoms with Crippen molar-refractivity contribution >= 4 is 68.1 Å². The lowest BCUT2D eigenvalue weighted by Gasteiger charge is -2.45. The molecule has 0 atom stereocenters. The SMILES string of the molecule is C=Cc1c(F)c(F)c([B-](c2c(F)c(F)c(F)c(F)c2F)(c2c(F)c(F)c(F)c(F)c2F)c2c(F)c(F)c(F)c(F)c2F)c(F)c1F.C=Cc1c(F)c(F)c([B-](c2c(F)c(F)c(F)c(F)c2F)(c2c(F)c(F)c(F)c(F)c2F)c2c(F)c(F)c(F)c(F)c2F)c(F)c1F.CC(C)c1ccc([I+]c2ccc(C(C)C)cc2)cc1.Cc1ccc([I+]c2ccc(C)cc2)cc1. The number of halogens is 40. The van der Waals surface area contributed by atoms with Crippen LogP contribution >= 0.6 is 0 Å². The van der Waals surface area contributed by atoms with Crippen LogP contribution in [0.4, 0.5) is 167 Å². The molecule has 12 aromatic rings. The molecule has 0 nitrogen and oxygen atoms in total. The number of rotatable bonds is 16. The zero-order valence-corrected chi connectivity index (χ0v) is 67.5. The molecule has 0 spiro atoms. The third-order valence-electron chi connectivity index (χ3n) is 19.5. The Bertz CT molecular complexity index is 5430. The van der Waals surface area contributed by atoms with Crippen LogP contribution in [-0.4, -0.2) is 12.3 Å². The van der Waals surface area contributed by atoms with Crippen molar-refractivity contribution in [2.75, 3.05) is 0 Å². The second kappa shape index (κ2) is 38.3. The van der Waals surface area contributed by atoms with E-state index >= 15 is 87.8 Å². The summed E-state index contributed by atoms with van der Waals surface area (Å²) in [6.45, 7) is 18.6. The Morgan fingerprint density at radius 2 is 0.310 bits per heavy atom. The molecule has 0 saturated heterocycles. The Morgan fingerprint density at radius 1 is 0.190 bits per heavy atom. The van der Waals surface area contributed by atoms with Gasteiger partial charge in [0.2, 0.25) is 0 Å². The second-order valence-corrected chi connectivity index (χ2v) is 33.5. The summed E-state index contributed by atoms with van der Waals surface area (Å²) in [5, 5.41) is 0. The molecule has 0 saturated carbocycles. The number of hydrogen-bond donors (Lipinski definition) is 0. The molecule has 0 heterocycles. The van der Waals surface area contributed by atoms with Crippen LogP contribution in [0.15, 0.2) is 110 Å². The lowest BCUT2D eigenvalue weighted by molar-refractivity contribution is -0.597. The summed E-state index contributed by atoms with van der Waals surface area (Å²) in [5.74, 6) is -129. The molecule has 0 aliphatic carbocycles. The maximum absolute atomic E-state index is 15.7. The number of aryl methyl sites for hydroxylation is 2. The van der Waals surface area contributed by atoms with Gasteiger partial charge in [-0.1, -0.05) is 113 Å². The van der Waals surface area contributed by atoms with Gasteiger partial charge in [0.15, 0.2) is 142 Å². The smallest absolute Gasteiger partial charge is 0.207 e. The Morgan fingerprint density at radius 3 is 0.437 bits per heavy atom. The molecule has 12 rings (SSSR count). The molecule has 0 fully saturated rings. The molecule has 664 valence electrons. The topological polar surface area (TPSA) is 0 Å². The second-order valence-electron chi connectivity index (χ2n) is 27.4. The van der Waals surface area contributed by atoms with Gasteiger partial charge in [-0.25, -0.2) is 167 Å². The van der Waals surface area contributed by atoms with Crippen molar-refractivity contribution in [3.8, 4) is 0 Å². The fourth-order valence-electron chi connectivity index (χ4n) is 13.5. The van der Waals surface area contributed by atoms with Crippen LogP contribution in [0, 0.1) is 249 Å². The van der Waals surface area contributed by atoms with Gasteiger partial charge in [-0.05, 0) is 85.3 Å². The van der Waals surface area contributed by atoms with Gasteiger partial charge in [0, 0.05) is 0 Å². The highest BCUT2D eigenvalue weighted by Crippen LogP contribution is 2.36. The molecule has 0 aliphatic rings. The minimum Gasteiger partial charge on any atom is -0.207 e. The van der Waals surface area contributed by atoms with Crippen molar-refractivity contribution in [3.05, 3.63) is 379 Å². The standard InChI is InChI=1S/2C26H3BF19.C18H22I.C14H14I/c2*1-2-3-8(28)10(30)4(11(31)9(3)29)27(5-12(32)18(38)24(44)19(39)13(5)33,6-14(34)20(40)25(45)21(41)15(6)35)7-16(36)22(42)26(46)23(43)17(7)37;1-13(2)15-5-9-17(10-6-15)19-18-11-7-16(8-12-18)14(3)4;1-11-3-7-13(8-4-11)15-14-9-5-12(2)6-10-14/h2*2H,1H2;5-14H,1-4H3;3-10H,1-2H3/q2*-1;2*+1. The fraction of sp³-hybridized carbons (Fsp3) is 0.0952. The van der Waals surface area contributed by atoms with Crippen molar-refractivity contribution < 1.29 is 209 Å². The van der Waals surface area contributed by atoms with E-state index in [0.29, 0.717) is 11.8 Å². The predicted molar refractivity (Wildman–Crippen MR) is 377 cm³/mol. The van der Waals surface area contributed by atoms with Crippen LogP contribution in [0.25, 0.3) is 12.2 Å². The van der Waals surface area contributed by atoms with Crippen molar-refractivity contribution in [2.45, 2.75) is 53.4 Å². The molecule has 0 radical (unpaired) electrons. The van der Waals surface area contributed by atoms with E-state index in [-0.39, 0.29) is 54.6 Å². The van der Waals surface area contributed by atoms with Crippen molar-refractivity contribution in [2.24, 2.45) is 0 Å². The van der Waals surface area contributed by atoms with E-state index in [2.05, 4.69) is 152 Å². The quantitative estimate of drug-likeness (QED) is 0.0297. The van der Waals surface area contributed by atoms with Gasteiger partial charge in [-0.3, -0.25) is 0 Å². The van der Waals surface area contributed by atoms with E-state index in [1.54, 1.807) is 0 Å². The normalized spacial score (nSPS) is 11.6. The molecule has 0 unspecified atom stereocenters. The van der Waals surface area contributed by atoms with Crippen LogP contribution in [0.1, 0.15) is 72.9 Å². The minimum atomic E-state index is -7.09. The zero-order chi connectivity index (χ0) is 94.6. The lowest BCUT2D eigenvalue weighted by Crippen LogP contribution is -3.61. The summed E-state index contributed by atoms with van der Waals surface area (Å²) >= 11 is -0.0334. The van der Waals surface area contributed by atoms with E-state index in [0.717, 1.165) is 0 Å². The summed E-state index contributed by atoms with van der Waals surface area (Å²) in [6.07, 6.45) is -14.4. The van der Waals surface area contributed by atoms with Gasteiger partial charge in [-0.15, -0.1) is 43.7 Å². The van der Waals surface area contributed by atoms with E-state index in [4.69, 9.17) is 0 Å². The largest absolute Gasteiger partial charge is 0.357 e. The van der Waals surface area contributed by atoms with Crippen molar-refractivity contribution in [3.63, 3.8) is 0 Å². The predicted octanol–water partition coefficient (Wildman–Crippen LogP) is 15.2. The minimum absolute atomic E-state index is 0.00313. The van der Waals surface area contributed by atoms with Crippen LogP contribution in [0.5, 0.6) is 0 Å². The van der Waals surface area contributed by atoms with Gasteiger partial charge >= 0.3 is 42.4 Å². The fourth-order valence-corrected chi connectivity index (χ4v) is 17.8. The Kier molecular flexibility index (Phi) is 30.1. The highest BCUT2D eigenvalue weighted by atomic mass is 127. The summed E-state index contributed by atoms with van der Waals surface area (Å²) in [4.78, 5) is 0. The van der Waals surface area contributed by atoms with E-state index in [9.17, 15) is 79.0 Å². The highest BCUT2D eigenvalue weighted by Gasteiger charge is 2.55. The molecule has 0 amide bonds. The van der Waals surface area contributed by atoms with Gasteiger partial charge < -0.3 is 0 Å². The van der Waals surface area contributed by atoms with Crippen LogP contribution in [0.2, 0.25) is 0 Å². The van der Waals surface area contributed by atoms with Crippen molar-refractivity contribution in [1.29, 1.82) is 0 Å². The number of hydrogen-bond acceptors (Lipinski definition) is 0. The molecule has 126 heavy (non-hydrogen) atoms. The Labute approximate surface area is 705 Å². The molecule has 42 heteroatoms. The molecular formula is C84H42B2F38I2. The first kappa shape index (κ1) is 98.8. The van der Waals surface area contributed by atoms with Gasteiger partial charge in [0.1, 0.15) is 105 Å². The zero-order valence-electron chi connectivity index (χ0n) is 63.2. The summed E-state index contributed by atoms with van der Waals surface area (Å²) < 4.78 is 573. The van der Waals surface area contributed by atoms with Crippen LogP contribution in [0.3, 0.4) is 0 Å². The summed E-state index contributed by atoms with van der Waals surface area (Å²) in [6, 6.07) is 36.1. The summed E-state index contributed by atoms with van der Waals surface area (Å²) in [7, 11) is 0. The van der Waals surface area contributed by atoms with Gasteiger partial charge in [-0.2, -0.15) is 0 Å². The average Bonchev–Trinajstić information content (AvgIpc) is 0.684. The Hall–Kier alpha value is -11.0. The van der Waals surface area contributed by atoms with Crippen molar-refractivity contribution in [1.82, 2.24) is 0 Å². The Balaban J connectivity index is 0.000000209. The first-order valence-corrected chi connectivity index (χ1v) is 39.1. The van der Waals surface area contributed by atoms with Crippen LogP contribution < -0.4 is 86.1 Å². The molecular weight excluding hydrogens is 2010 g/mol. The maximum atomic E-state index is 15.7. The number of benzene rings is 12. The van der Waals surface area contributed by atoms with Gasteiger partial charge in [0.25, 0.3) is 0 Å². The first-order chi connectivity index (χ1) is 58.8. The van der Waals surface area contributed by atoms with E-state index < -0.39 is 288 Å². The monoisotopic (exact) mass is 2050 g/mol. The molecule has 0 N–H and O–H groups in total. The molecule has 0 bridgehead atoms. The third kappa shape index (κ3) is 17.0. The average molecular weight is 2050 g/mol. The highest BCUT2D eigenvalue weighted by molar-refractivity contribution is 7.21. The molecule has 0 aromatic heterocycles. The molecule has 12 aromatic carbocycles. The van der Waals surface area contributed by atoms with Crippen LogP contribution in [-0.2, 0) is 0 Å². The molecule has 0 aliphatic heterocycles. The van der Waals surface area contributed by atoms with E-state index in [1.165, 1.54) is 36.5 Å². The third-order valence-corrected chi connectivity index (χ3v) is 24.9. The lowest BCUT2D eigenvalue weighted by atomic mass is 9.12.